The van der Waals surface area contributed by atoms with E-state index in [0.29, 0.717) is 12.0 Å². The van der Waals surface area contributed by atoms with Gasteiger partial charge in [-0.25, -0.2) is 0 Å². The van der Waals surface area contributed by atoms with Crippen LogP contribution in [0.15, 0.2) is 24.3 Å². The minimum atomic E-state index is 0.260. The quantitative estimate of drug-likeness (QED) is 0.827. The number of anilines is 1. The molecule has 0 saturated heterocycles. The highest BCUT2D eigenvalue weighted by atomic mass is 16.3. The van der Waals surface area contributed by atoms with Gasteiger partial charge in [-0.1, -0.05) is 32.0 Å². The fraction of sp³-hybridized carbons (Fsp3) is 0.625. The molecule has 1 aliphatic heterocycles. The van der Waals surface area contributed by atoms with Gasteiger partial charge in [0.2, 0.25) is 0 Å². The van der Waals surface area contributed by atoms with E-state index in [0.717, 1.165) is 26.1 Å². The van der Waals surface area contributed by atoms with Crippen molar-refractivity contribution in [3.05, 3.63) is 29.8 Å². The zero-order valence-corrected chi connectivity index (χ0v) is 12.1. The Labute approximate surface area is 116 Å². The number of nitrogens with one attached hydrogen (secondary N) is 1. The molecule has 2 rings (SSSR count). The zero-order valence-electron chi connectivity index (χ0n) is 12.1. The normalized spacial score (nSPS) is 20.2. The Kier molecular flexibility index (Phi) is 5.23. The third kappa shape index (κ3) is 3.48. The van der Waals surface area contributed by atoms with Crippen molar-refractivity contribution < 1.29 is 5.11 Å². The van der Waals surface area contributed by atoms with Crippen LogP contribution in [0.1, 0.15) is 38.3 Å². The summed E-state index contributed by atoms with van der Waals surface area (Å²) in [7, 11) is 0. The van der Waals surface area contributed by atoms with Crippen LogP contribution in [0, 0.1) is 5.92 Å². The molecule has 0 bridgehead atoms. The predicted octanol–water partition coefficient (Wildman–Crippen LogP) is 2.57. The van der Waals surface area contributed by atoms with Crippen LogP contribution in [-0.4, -0.2) is 31.3 Å². The van der Waals surface area contributed by atoms with E-state index in [1.807, 2.05) is 0 Å². The van der Waals surface area contributed by atoms with Gasteiger partial charge in [0, 0.05) is 31.4 Å². The SMILES string of the molecule is CCCNC1CCN(CC(C)CO)c2ccccc21. The van der Waals surface area contributed by atoms with E-state index in [1.54, 1.807) is 0 Å². The van der Waals surface area contributed by atoms with Crippen molar-refractivity contribution in [2.24, 2.45) is 5.92 Å². The monoisotopic (exact) mass is 262 g/mol. The molecule has 2 unspecified atom stereocenters. The number of para-hydroxylation sites is 1. The molecular weight excluding hydrogens is 236 g/mol. The number of nitrogens with zero attached hydrogens (tertiary/aromatic N) is 1. The lowest BCUT2D eigenvalue weighted by Gasteiger charge is -2.37. The lowest BCUT2D eigenvalue weighted by Crippen LogP contribution is -2.38. The molecule has 3 nitrogen and oxygen atoms in total. The second-order valence-corrected chi connectivity index (χ2v) is 5.59. The molecule has 2 atom stereocenters. The first-order chi connectivity index (χ1) is 9.26. The lowest BCUT2D eigenvalue weighted by molar-refractivity contribution is 0.238. The van der Waals surface area contributed by atoms with E-state index in [-0.39, 0.29) is 6.61 Å². The molecule has 0 radical (unpaired) electrons. The number of rotatable bonds is 6. The first kappa shape index (κ1) is 14.4. The smallest absolute Gasteiger partial charge is 0.0473 e. The summed E-state index contributed by atoms with van der Waals surface area (Å²) in [5.41, 5.74) is 2.75. The number of aliphatic hydroxyl groups is 1. The van der Waals surface area contributed by atoms with Gasteiger partial charge in [-0.3, -0.25) is 0 Å². The number of benzene rings is 1. The molecule has 106 valence electrons. The van der Waals surface area contributed by atoms with Crippen molar-refractivity contribution in [3.63, 3.8) is 0 Å². The van der Waals surface area contributed by atoms with Gasteiger partial charge in [0.25, 0.3) is 0 Å². The molecule has 1 aliphatic rings. The van der Waals surface area contributed by atoms with Gasteiger partial charge < -0.3 is 15.3 Å². The van der Waals surface area contributed by atoms with E-state index in [1.165, 1.54) is 17.7 Å². The number of hydrogen-bond acceptors (Lipinski definition) is 3. The fourth-order valence-corrected chi connectivity index (χ4v) is 2.79. The first-order valence-corrected chi connectivity index (χ1v) is 7.44. The van der Waals surface area contributed by atoms with Gasteiger partial charge >= 0.3 is 0 Å². The minimum absolute atomic E-state index is 0.260. The molecule has 1 aromatic carbocycles. The van der Waals surface area contributed by atoms with Gasteiger partial charge in [0.15, 0.2) is 0 Å². The molecule has 19 heavy (non-hydrogen) atoms. The average Bonchev–Trinajstić information content (AvgIpc) is 2.46. The number of aliphatic hydroxyl groups excluding tert-OH is 1. The summed E-state index contributed by atoms with van der Waals surface area (Å²) < 4.78 is 0. The molecule has 2 N–H and O–H groups in total. The van der Waals surface area contributed by atoms with Crippen LogP contribution < -0.4 is 10.2 Å². The molecule has 0 amide bonds. The third-order valence-corrected chi connectivity index (χ3v) is 3.83. The van der Waals surface area contributed by atoms with Gasteiger partial charge in [-0.05, 0) is 36.9 Å². The molecule has 1 aromatic rings. The Morgan fingerprint density at radius 3 is 2.95 bits per heavy atom. The predicted molar refractivity (Wildman–Crippen MR) is 80.6 cm³/mol. The van der Waals surface area contributed by atoms with Crippen molar-refractivity contribution in [3.8, 4) is 0 Å². The van der Waals surface area contributed by atoms with E-state index in [9.17, 15) is 5.11 Å². The van der Waals surface area contributed by atoms with Crippen molar-refractivity contribution in [1.82, 2.24) is 5.32 Å². The molecule has 0 spiro atoms. The maximum absolute atomic E-state index is 9.24. The summed E-state index contributed by atoms with van der Waals surface area (Å²) in [5, 5.41) is 12.9. The van der Waals surface area contributed by atoms with Crippen molar-refractivity contribution in [1.29, 1.82) is 0 Å². The zero-order chi connectivity index (χ0) is 13.7. The van der Waals surface area contributed by atoms with Crippen LogP contribution in [0.2, 0.25) is 0 Å². The van der Waals surface area contributed by atoms with Crippen LogP contribution in [0.4, 0.5) is 5.69 Å². The maximum atomic E-state index is 9.24. The Bertz CT molecular complexity index is 394. The topological polar surface area (TPSA) is 35.5 Å². The van der Waals surface area contributed by atoms with Gasteiger partial charge in [0.05, 0.1) is 0 Å². The summed E-state index contributed by atoms with van der Waals surface area (Å²) in [6.07, 6.45) is 2.32. The van der Waals surface area contributed by atoms with Crippen molar-refractivity contribution in [2.75, 3.05) is 31.1 Å². The van der Waals surface area contributed by atoms with Gasteiger partial charge in [-0.2, -0.15) is 0 Å². The van der Waals surface area contributed by atoms with E-state index in [4.69, 9.17) is 0 Å². The summed E-state index contributed by atoms with van der Waals surface area (Å²) in [6, 6.07) is 9.16. The van der Waals surface area contributed by atoms with Crippen LogP contribution >= 0.6 is 0 Å². The van der Waals surface area contributed by atoms with Gasteiger partial charge in [-0.15, -0.1) is 0 Å². The standard InChI is InChI=1S/C16H26N2O/c1-3-9-17-15-8-10-18(11-13(2)12-19)16-7-5-4-6-14(15)16/h4-7,13,15,17,19H,3,8-12H2,1-2H3. The highest BCUT2D eigenvalue weighted by Gasteiger charge is 2.24. The molecule has 3 heteroatoms. The van der Waals surface area contributed by atoms with E-state index in [2.05, 4.69) is 48.3 Å². The molecule has 0 aromatic heterocycles. The van der Waals surface area contributed by atoms with Crippen LogP contribution in [0.25, 0.3) is 0 Å². The highest BCUT2D eigenvalue weighted by Crippen LogP contribution is 2.33. The number of hydrogen-bond donors (Lipinski definition) is 2. The number of fused-ring (bicyclic) bond motifs is 1. The van der Waals surface area contributed by atoms with Crippen LogP contribution in [0.5, 0.6) is 0 Å². The molecular formula is C16H26N2O. The Morgan fingerprint density at radius 2 is 2.21 bits per heavy atom. The second-order valence-electron chi connectivity index (χ2n) is 5.59. The largest absolute Gasteiger partial charge is 0.396 e. The minimum Gasteiger partial charge on any atom is -0.396 e. The average molecular weight is 262 g/mol. The molecule has 0 saturated carbocycles. The highest BCUT2D eigenvalue weighted by molar-refractivity contribution is 5.57. The molecule has 0 fully saturated rings. The first-order valence-electron chi connectivity index (χ1n) is 7.44. The Morgan fingerprint density at radius 1 is 1.42 bits per heavy atom. The lowest BCUT2D eigenvalue weighted by atomic mass is 9.95. The molecule has 1 heterocycles. The fourth-order valence-electron chi connectivity index (χ4n) is 2.79. The third-order valence-electron chi connectivity index (χ3n) is 3.83. The Hall–Kier alpha value is -1.06. The van der Waals surface area contributed by atoms with E-state index < -0.39 is 0 Å². The van der Waals surface area contributed by atoms with Gasteiger partial charge in [0.1, 0.15) is 0 Å². The Balaban J connectivity index is 2.14. The maximum Gasteiger partial charge on any atom is 0.0473 e. The summed E-state index contributed by atoms with van der Waals surface area (Å²) in [5.74, 6) is 0.327. The van der Waals surface area contributed by atoms with Crippen molar-refractivity contribution in [2.45, 2.75) is 32.7 Å². The summed E-state index contributed by atoms with van der Waals surface area (Å²) in [4.78, 5) is 2.42. The van der Waals surface area contributed by atoms with E-state index >= 15 is 0 Å². The van der Waals surface area contributed by atoms with Crippen LogP contribution in [0.3, 0.4) is 0 Å². The van der Waals surface area contributed by atoms with Crippen LogP contribution in [-0.2, 0) is 0 Å². The summed E-state index contributed by atoms with van der Waals surface area (Å²) >= 11 is 0. The molecule has 0 aliphatic carbocycles. The summed E-state index contributed by atoms with van der Waals surface area (Å²) in [6.45, 7) is 7.65. The second kappa shape index (κ2) is 6.92. The van der Waals surface area contributed by atoms with Crippen molar-refractivity contribution >= 4 is 5.69 Å².